The van der Waals surface area contributed by atoms with E-state index in [2.05, 4.69) is 11.4 Å². The second kappa shape index (κ2) is 8.28. The Morgan fingerprint density at radius 3 is 2.10 bits per heavy atom. The summed E-state index contributed by atoms with van der Waals surface area (Å²) in [5, 5.41) is 12.2. The highest BCUT2D eigenvalue weighted by atomic mass is 16.5. The molecule has 0 aliphatic heterocycles. The Labute approximate surface area is 120 Å². The van der Waals surface area contributed by atoms with Crippen molar-refractivity contribution in [2.45, 2.75) is 32.4 Å². The van der Waals surface area contributed by atoms with Crippen LogP contribution in [0.15, 0.2) is 18.2 Å². The fourth-order valence-electron chi connectivity index (χ4n) is 1.75. The highest BCUT2D eigenvalue weighted by Crippen LogP contribution is 2.27. The summed E-state index contributed by atoms with van der Waals surface area (Å²) < 4.78 is 16.0. The fraction of sp³-hybridized carbons (Fsp3) is 0.533. The van der Waals surface area contributed by atoms with Gasteiger partial charge in [0.15, 0.2) is 0 Å². The number of nitrogens with one attached hydrogen (secondary N) is 1. The molecule has 0 heterocycles. The summed E-state index contributed by atoms with van der Waals surface area (Å²) in [4.78, 5) is 0. The molecule has 0 aromatic heterocycles. The van der Waals surface area contributed by atoms with Gasteiger partial charge in [-0.1, -0.05) is 0 Å². The summed E-state index contributed by atoms with van der Waals surface area (Å²) >= 11 is 0. The van der Waals surface area contributed by atoms with Crippen molar-refractivity contribution in [2.75, 3.05) is 20.8 Å². The van der Waals surface area contributed by atoms with E-state index in [0.29, 0.717) is 30.3 Å². The first kappa shape index (κ1) is 16.1. The van der Waals surface area contributed by atoms with Crippen LogP contribution in [0.4, 0.5) is 0 Å². The monoisotopic (exact) mass is 278 g/mol. The zero-order chi connectivity index (χ0) is 15.0. The van der Waals surface area contributed by atoms with Crippen molar-refractivity contribution in [3.05, 3.63) is 18.2 Å². The van der Waals surface area contributed by atoms with Crippen LogP contribution < -0.4 is 19.5 Å². The Bertz CT molecular complexity index is 433. The van der Waals surface area contributed by atoms with E-state index in [1.54, 1.807) is 32.4 Å². The lowest BCUT2D eigenvalue weighted by Gasteiger charge is -2.15. The number of rotatable bonds is 8. The minimum absolute atomic E-state index is 0.206. The van der Waals surface area contributed by atoms with Gasteiger partial charge in [-0.15, -0.1) is 0 Å². The molecule has 0 saturated carbocycles. The number of methoxy groups -OCH3 is 2. The number of nitrogens with zero attached hydrogens (tertiary/aromatic N) is 1. The zero-order valence-corrected chi connectivity index (χ0v) is 12.5. The Hall–Kier alpha value is -1.93. The lowest BCUT2D eigenvalue weighted by molar-refractivity contribution is 0.290. The number of nitriles is 1. The largest absolute Gasteiger partial charge is 0.496 e. The number of hydrogen-bond donors (Lipinski definition) is 1. The van der Waals surface area contributed by atoms with Gasteiger partial charge in [-0.3, -0.25) is 5.32 Å². The lowest BCUT2D eigenvalue weighted by Crippen LogP contribution is -2.34. The highest BCUT2D eigenvalue weighted by Gasteiger charge is 2.09. The first-order valence-corrected chi connectivity index (χ1v) is 6.60. The maximum absolute atomic E-state index is 9.03. The van der Waals surface area contributed by atoms with Gasteiger partial charge in [0, 0.05) is 30.7 Å². The van der Waals surface area contributed by atoms with E-state index in [9.17, 15) is 0 Å². The Kier molecular flexibility index (Phi) is 6.68. The summed E-state index contributed by atoms with van der Waals surface area (Å²) in [6, 6.07) is 7.66. The van der Waals surface area contributed by atoms with Crippen LogP contribution in [0.5, 0.6) is 17.2 Å². The molecule has 20 heavy (non-hydrogen) atoms. The summed E-state index contributed by atoms with van der Waals surface area (Å²) in [5.74, 6) is 2.02. The van der Waals surface area contributed by atoms with Crippen LogP contribution in [-0.4, -0.2) is 32.9 Å². The van der Waals surface area contributed by atoms with Gasteiger partial charge in [0.05, 0.1) is 32.9 Å². The molecule has 1 unspecified atom stereocenters. The number of hydrogen-bond acceptors (Lipinski definition) is 5. The predicted octanol–water partition coefficient (Wildman–Crippen LogP) is 2.36. The molecule has 0 bridgehead atoms. The SMILES string of the molecule is COc1cc(OC)cc(OCCC(C#N)NC(C)C)c1. The maximum atomic E-state index is 9.03. The van der Waals surface area contributed by atoms with E-state index in [-0.39, 0.29) is 12.1 Å². The van der Waals surface area contributed by atoms with E-state index in [0.717, 1.165) is 0 Å². The van der Waals surface area contributed by atoms with Crippen molar-refractivity contribution in [3.8, 4) is 23.3 Å². The lowest BCUT2D eigenvalue weighted by atomic mass is 10.2. The minimum Gasteiger partial charge on any atom is -0.496 e. The molecule has 0 radical (unpaired) electrons. The van der Waals surface area contributed by atoms with Crippen molar-refractivity contribution in [1.82, 2.24) is 5.32 Å². The summed E-state index contributed by atoms with van der Waals surface area (Å²) in [6.45, 7) is 4.48. The first-order valence-electron chi connectivity index (χ1n) is 6.60. The Balaban J connectivity index is 2.55. The van der Waals surface area contributed by atoms with E-state index >= 15 is 0 Å². The smallest absolute Gasteiger partial charge is 0.126 e. The summed E-state index contributed by atoms with van der Waals surface area (Å²) in [6.07, 6.45) is 0.619. The van der Waals surface area contributed by atoms with Crippen molar-refractivity contribution in [1.29, 1.82) is 5.26 Å². The van der Waals surface area contributed by atoms with Gasteiger partial charge >= 0.3 is 0 Å². The van der Waals surface area contributed by atoms with Crippen LogP contribution >= 0.6 is 0 Å². The van der Waals surface area contributed by atoms with Gasteiger partial charge < -0.3 is 14.2 Å². The van der Waals surface area contributed by atoms with Crippen molar-refractivity contribution in [3.63, 3.8) is 0 Å². The molecule has 1 atom stereocenters. The van der Waals surface area contributed by atoms with E-state index in [1.807, 2.05) is 13.8 Å². The summed E-state index contributed by atoms with van der Waals surface area (Å²) in [5.41, 5.74) is 0. The van der Waals surface area contributed by atoms with Crippen molar-refractivity contribution >= 4 is 0 Å². The van der Waals surface area contributed by atoms with Crippen molar-refractivity contribution < 1.29 is 14.2 Å². The van der Waals surface area contributed by atoms with Crippen LogP contribution in [-0.2, 0) is 0 Å². The molecule has 0 amide bonds. The van der Waals surface area contributed by atoms with E-state index in [1.165, 1.54) is 0 Å². The third kappa shape index (κ3) is 5.37. The first-order chi connectivity index (χ1) is 9.58. The molecule has 0 fully saturated rings. The normalized spacial score (nSPS) is 11.8. The van der Waals surface area contributed by atoms with Crippen LogP contribution in [0.25, 0.3) is 0 Å². The van der Waals surface area contributed by atoms with E-state index in [4.69, 9.17) is 19.5 Å². The van der Waals surface area contributed by atoms with Crippen LogP contribution in [0.1, 0.15) is 20.3 Å². The third-order valence-electron chi connectivity index (χ3n) is 2.69. The van der Waals surface area contributed by atoms with Crippen LogP contribution in [0, 0.1) is 11.3 Å². The summed E-state index contributed by atoms with van der Waals surface area (Å²) in [7, 11) is 3.19. The molecule has 1 N–H and O–H groups in total. The maximum Gasteiger partial charge on any atom is 0.126 e. The van der Waals surface area contributed by atoms with Gasteiger partial charge in [0.2, 0.25) is 0 Å². The molecular weight excluding hydrogens is 256 g/mol. The second-order valence-electron chi connectivity index (χ2n) is 4.69. The van der Waals surface area contributed by atoms with Crippen molar-refractivity contribution in [2.24, 2.45) is 0 Å². The fourth-order valence-corrected chi connectivity index (χ4v) is 1.75. The van der Waals surface area contributed by atoms with Gasteiger partial charge in [0.25, 0.3) is 0 Å². The molecule has 5 nitrogen and oxygen atoms in total. The van der Waals surface area contributed by atoms with Gasteiger partial charge in [-0.05, 0) is 13.8 Å². The second-order valence-corrected chi connectivity index (χ2v) is 4.69. The molecule has 1 aromatic rings. The molecule has 0 aliphatic rings. The molecule has 5 heteroatoms. The average molecular weight is 278 g/mol. The molecule has 0 aliphatic carbocycles. The molecule has 110 valence electrons. The number of benzene rings is 1. The topological polar surface area (TPSA) is 63.5 Å². The Morgan fingerprint density at radius 2 is 1.65 bits per heavy atom. The standard InChI is InChI=1S/C15H22N2O3/c1-11(2)17-12(10-16)5-6-20-15-8-13(18-3)7-14(9-15)19-4/h7-9,11-12,17H,5-6H2,1-4H3. The number of ether oxygens (including phenoxy) is 3. The molecule has 0 saturated heterocycles. The van der Waals surface area contributed by atoms with Crippen LogP contribution in [0.2, 0.25) is 0 Å². The molecule has 1 rings (SSSR count). The predicted molar refractivity (Wildman–Crippen MR) is 77.3 cm³/mol. The molecule has 0 spiro atoms. The minimum atomic E-state index is -0.206. The van der Waals surface area contributed by atoms with E-state index < -0.39 is 0 Å². The van der Waals surface area contributed by atoms with Gasteiger partial charge in [0.1, 0.15) is 17.2 Å². The average Bonchev–Trinajstić information content (AvgIpc) is 2.45. The molecular formula is C15H22N2O3. The van der Waals surface area contributed by atoms with Gasteiger partial charge in [-0.2, -0.15) is 5.26 Å². The Morgan fingerprint density at radius 1 is 1.10 bits per heavy atom. The third-order valence-corrected chi connectivity index (χ3v) is 2.69. The zero-order valence-electron chi connectivity index (χ0n) is 12.5. The van der Waals surface area contributed by atoms with Crippen LogP contribution in [0.3, 0.4) is 0 Å². The molecule has 1 aromatic carbocycles. The van der Waals surface area contributed by atoms with Gasteiger partial charge in [-0.25, -0.2) is 0 Å². The highest BCUT2D eigenvalue weighted by molar-refractivity contribution is 5.41. The quantitative estimate of drug-likeness (QED) is 0.791.